The number of thiazole rings is 1. The second-order valence-electron chi connectivity index (χ2n) is 5.48. The van der Waals surface area contributed by atoms with Gasteiger partial charge in [-0.25, -0.2) is 4.98 Å². The van der Waals surface area contributed by atoms with Crippen LogP contribution in [0.15, 0.2) is 36.5 Å². The van der Waals surface area contributed by atoms with Crippen molar-refractivity contribution in [1.29, 1.82) is 0 Å². The molecule has 6 heteroatoms. The van der Waals surface area contributed by atoms with Crippen LogP contribution in [-0.2, 0) is 13.5 Å². The molecule has 0 aliphatic carbocycles. The topological polar surface area (TPSA) is 59.8 Å². The van der Waals surface area contributed by atoms with Crippen molar-refractivity contribution in [2.45, 2.75) is 20.3 Å². The highest BCUT2D eigenvalue weighted by atomic mass is 32.1. The minimum atomic E-state index is -0.168. The van der Waals surface area contributed by atoms with E-state index in [0.29, 0.717) is 5.69 Å². The van der Waals surface area contributed by atoms with E-state index >= 15 is 0 Å². The van der Waals surface area contributed by atoms with Gasteiger partial charge in [-0.15, -0.1) is 11.3 Å². The number of carbonyl (C=O) groups is 1. The van der Waals surface area contributed by atoms with E-state index in [-0.39, 0.29) is 5.91 Å². The van der Waals surface area contributed by atoms with Crippen molar-refractivity contribution in [3.8, 4) is 0 Å². The molecular weight excluding hydrogens is 308 g/mol. The summed E-state index contributed by atoms with van der Waals surface area (Å²) in [5.74, 6) is -0.168. The molecule has 0 radical (unpaired) electrons. The van der Waals surface area contributed by atoms with Crippen LogP contribution in [0.2, 0.25) is 0 Å². The zero-order valence-corrected chi connectivity index (χ0v) is 14.1. The third-order valence-corrected chi connectivity index (χ3v) is 4.63. The Morgan fingerprint density at radius 1 is 1.30 bits per heavy atom. The van der Waals surface area contributed by atoms with E-state index in [4.69, 9.17) is 0 Å². The van der Waals surface area contributed by atoms with Gasteiger partial charge in [0.1, 0.15) is 10.7 Å². The fraction of sp³-hybridized carbons (Fsp3) is 0.235. The fourth-order valence-corrected chi connectivity index (χ4v) is 3.40. The maximum Gasteiger partial charge on any atom is 0.274 e. The third kappa shape index (κ3) is 3.48. The van der Waals surface area contributed by atoms with Gasteiger partial charge in [-0.3, -0.25) is 9.48 Å². The van der Waals surface area contributed by atoms with Crippen LogP contribution in [0.1, 0.15) is 32.3 Å². The Balaban J connectivity index is 1.76. The van der Waals surface area contributed by atoms with Gasteiger partial charge in [0.2, 0.25) is 0 Å². The number of aryl methyl sites for hydroxylation is 3. The number of carbonyl (C=O) groups excluding carboxylic acids is 1. The molecular formula is C17H18N4OS. The monoisotopic (exact) mass is 326 g/mol. The highest BCUT2D eigenvalue weighted by molar-refractivity contribution is 7.16. The minimum Gasteiger partial charge on any atom is -0.311 e. The molecule has 0 fully saturated rings. The number of hydrogen-bond donors (Lipinski definition) is 1. The van der Waals surface area contributed by atoms with Crippen molar-refractivity contribution < 1.29 is 4.79 Å². The smallest absolute Gasteiger partial charge is 0.274 e. The number of hydrogen-bond acceptors (Lipinski definition) is 4. The Kier molecular flexibility index (Phi) is 4.25. The molecule has 0 atom stereocenters. The van der Waals surface area contributed by atoms with Crippen molar-refractivity contribution in [2.24, 2.45) is 7.05 Å². The quantitative estimate of drug-likeness (QED) is 0.800. The molecule has 0 bridgehead atoms. The highest BCUT2D eigenvalue weighted by Crippen LogP contribution is 2.26. The summed E-state index contributed by atoms with van der Waals surface area (Å²) in [4.78, 5) is 16.8. The van der Waals surface area contributed by atoms with Crippen LogP contribution in [-0.4, -0.2) is 20.7 Å². The summed E-state index contributed by atoms with van der Waals surface area (Å²) >= 11 is 1.52. The first-order valence-corrected chi connectivity index (χ1v) is 8.16. The van der Waals surface area contributed by atoms with Gasteiger partial charge in [-0.05, 0) is 25.5 Å². The summed E-state index contributed by atoms with van der Waals surface area (Å²) in [6.07, 6.45) is 2.38. The SMILES string of the molecule is Cc1cccc(Cc2nc(C)c(NC(=O)c3ccnn3C)s2)c1. The fourth-order valence-electron chi connectivity index (χ4n) is 2.40. The lowest BCUT2D eigenvalue weighted by Gasteiger charge is -2.03. The van der Waals surface area contributed by atoms with Crippen LogP contribution >= 0.6 is 11.3 Å². The van der Waals surface area contributed by atoms with Gasteiger partial charge < -0.3 is 5.32 Å². The van der Waals surface area contributed by atoms with Gasteiger partial charge in [-0.2, -0.15) is 5.10 Å². The molecule has 1 aromatic carbocycles. The van der Waals surface area contributed by atoms with Crippen LogP contribution < -0.4 is 5.32 Å². The first-order valence-electron chi connectivity index (χ1n) is 7.34. The molecule has 23 heavy (non-hydrogen) atoms. The summed E-state index contributed by atoms with van der Waals surface area (Å²) in [5.41, 5.74) is 3.83. The lowest BCUT2D eigenvalue weighted by atomic mass is 10.1. The second-order valence-corrected chi connectivity index (χ2v) is 6.57. The van der Waals surface area contributed by atoms with Crippen molar-refractivity contribution in [3.63, 3.8) is 0 Å². The van der Waals surface area contributed by atoms with Crippen molar-refractivity contribution in [3.05, 3.63) is 64.1 Å². The molecule has 2 aromatic heterocycles. The lowest BCUT2D eigenvalue weighted by Crippen LogP contribution is -2.15. The number of anilines is 1. The second kappa shape index (κ2) is 6.34. The van der Waals surface area contributed by atoms with E-state index in [2.05, 4.69) is 46.6 Å². The minimum absolute atomic E-state index is 0.168. The van der Waals surface area contributed by atoms with E-state index < -0.39 is 0 Å². The van der Waals surface area contributed by atoms with Crippen LogP contribution in [0, 0.1) is 13.8 Å². The number of aromatic nitrogens is 3. The van der Waals surface area contributed by atoms with Gasteiger partial charge in [0.25, 0.3) is 5.91 Å². The zero-order chi connectivity index (χ0) is 16.4. The van der Waals surface area contributed by atoms with Crippen molar-refractivity contribution in [1.82, 2.24) is 14.8 Å². The Morgan fingerprint density at radius 3 is 2.83 bits per heavy atom. The maximum absolute atomic E-state index is 12.3. The Labute approximate surface area is 139 Å². The van der Waals surface area contributed by atoms with E-state index in [1.54, 1.807) is 24.0 Å². The molecule has 0 aliphatic rings. The predicted octanol–water partition coefficient (Wildman–Crippen LogP) is 3.34. The number of nitrogens with zero attached hydrogens (tertiary/aromatic N) is 3. The molecule has 118 valence electrons. The maximum atomic E-state index is 12.3. The molecule has 3 aromatic rings. The van der Waals surface area contributed by atoms with Gasteiger partial charge in [0, 0.05) is 19.7 Å². The average Bonchev–Trinajstić information content (AvgIpc) is 3.05. The van der Waals surface area contributed by atoms with Gasteiger partial charge >= 0.3 is 0 Å². The molecule has 3 rings (SSSR count). The van der Waals surface area contributed by atoms with Crippen LogP contribution in [0.3, 0.4) is 0 Å². The molecule has 0 saturated carbocycles. The molecule has 1 amide bonds. The first-order chi connectivity index (χ1) is 11.0. The first kappa shape index (κ1) is 15.4. The highest BCUT2D eigenvalue weighted by Gasteiger charge is 2.14. The Bertz CT molecular complexity index is 850. The molecule has 5 nitrogen and oxygen atoms in total. The van der Waals surface area contributed by atoms with Gasteiger partial charge in [0.05, 0.1) is 10.7 Å². The normalized spacial score (nSPS) is 10.7. The molecule has 0 saturated heterocycles. The molecule has 0 aliphatic heterocycles. The van der Waals surface area contributed by atoms with Crippen LogP contribution in [0.5, 0.6) is 0 Å². The molecule has 1 N–H and O–H groups in total. The third-order valence-electron chi connectivity index (χ3n) is 3.56. The average molecular weight is 326 g/mol. The summed E-state index contributed by atoms with van der Waals surface area (Å²) in [6.45, 7) is 3.99. The van der Waals surface area contributed by atoms with E-state index in [9.17, 15) is 4.79 Å². The van der Waals surface area contributed by atoms with E-state index in [0.717, 1.165) is 22.1 Å². The number of benzene rings is 1. The summed E-state index contributed by atoms with van der Waals surface area (Å²) in [5, 5.41) is 8.73. The summed E-state index contributed by atoms with van der Waals surface area (Å²) in [6, 6.07) is 10.1. The summed E-state index contributed by atoms with van der Waals surface area (Å²) < 4.78 is 1.55. The van der Waals surface area contributed by atoms with Crippen LogP contribution in [0.4, 0.5) is 5.00 Å². The van der Waals surface area contributed by atoms with Gasteiger partial charge in [0.15, 0.2) is 0 Å². The van der Waals surface area contributed by atoms with Crippen molar-refractivity contribution in [2.75, 3.05) is 5.32 Å². The number of rotatable bonds is 4. The lowest BCUT2D eigenvalue weighted by molar-refractivity contribution is 0.101. The zero-order valence-electron chi connectivity index (χ0n) is 13.3. The Hall–Kier alpha value is -2.47. The van der Waals surface area contributed by atoms with Crippen LogP contribution in [0.25, 0.3) is 0 Å². The molecule has 0 unspecified atom stereocenters. The van der Waals surface area contributed by atoms with E-state index in [1.807, 2.05) is 6.92 Å². The number of nitrogens with one attached hydrogen (secondary N) is 1. The molecule has 0 spiro atoms. The van der Waals surface area contributed by atoms with Crippen molar-refractivity contribution >= 4 is 22.2 Å². The standard InChI is InChI=1S/C17H18N4OS/c1-11-5-4-6-13(9-11)10-15-19-12(2)17(23-15)20-16(22)14-7-8-18-21(14)3/h4-9H,10H2,1-3H3,(H,20,22). The molecule has 2 heterocycles. The number of amides is 1. The largest absolute Gasteiger partial charge is 0.311 e. The predicted molar refractivity (Wildman–Crippen MR) is 92.0 cm³/mol. The Morgan fingerprint density at radius 2 is 2.13 bits per heavy atom. The summed E-state index contributed by atoms with van der Waals surface area (Å²) in [7, 11) is 1.75. The van der Waals surface area contributed by atoms with Gasteiger partial charge in [-0.1, -0.05) is 29.8 Å². The van der Waals surface area contributed by atoms with E-state index in [1.165, 1.54) is 22.5 Å².